The van der Waals surface area contributed by atoms with E-state index in [-0.39, 0.29) is 11.3 Å². The molecule has 1 aromatic carbocycles. The first-order valence-corrected chi connectivity index (χ1v) is 11.8. The van der Waals surface area contributed by atoms with Crippen molar-refractivity contribution in [1.29, 1.82) is 5.26 Å². The van der Waals surface area contributed by atoms with Crippen molar-refractivity contribution in [2.45, 2.75) is 64.4 Å². The fourth-order valence-electron chi connectivity index (χ4n) is 4.94. The van der Waals surface area contributed by atoms with Crippen molar-refractivity contribution in [3.8, 4) is 6.07 Å². The van der Waals surface area contributed by atoms with Crippen molar-refractivity contribution in [1.82, 2.24) is 4.98 Å². The number of carboxylic acid groups (broad SMARTS) is 1. The standard InChI is InChI=1S/C27H31N3O4/c1-26(2)9-5-18(6-10-26)21-14-20(27(34)11-7-19(8-12-27)25(32)33)3-4-22(21)30-24(31)23-13-17(15-28)16-29-23/h3-5,13-14,16,19,29,34H,6-12H2,1-2H3,(H,30,31)(H,32,33). The summed E-state index contributed by atoms with van der Waals surface area (Å²) in [6.07, 6.45) is 8.16. The Hall–Kier alpha value is -3.37. The van der Waals surface area contributed by atoms with Gasteiger partial charge in [0.1, 0.15) is 11.8 Å². The van der Waals surface area contributed by atoms with Crippen LogP contribution in [0, 0.1) is 22.7 Å². The van der Waals surface area contributed by atoms with Crippen LogP contribution in [0.4, 0.5) is 5.69 Å². The zero-order chi connectivity index (χ0) is 24.5. The first-order chi connectivity index (χ1) is 16.1. The van der Waals surface area contributed by atoms with Crippen LogP contribution in [0.1, 0.15) is 86.0 Å². The zero-order valence-corrected chi connectivity index (χ0v) is 19.6. The van der Waals surface area contributed by atoms with Crippen LogP contribution in [-0.4, -0.2) is 27.1 Å². The normalized spacial score (nSPS) is 24.1. The van der Waals surface area contributed by atoms with Gasteiger partial charge in [0.2, 0.25) is 0 Å². The molecular formula is C27H31N3O4. The van der Waals surface area contributed by atoms with Gasteiger partial charge in [-0.05, 0) is 79.7 Å². The minimum absolute atomic E-state index is 0.218. The van der Waals surface area contributed by atoms with Gasteiger partial charge in [-0.25, -0.2) is 0 Å². The third kappa shape index (κ3) is 4.92. The number of aromatic amines is 1. The Balaban J connectivity index is 1.66. The number of nitriles is 1. The highest BCUT2D eigenvalue weighted by Gasteiger charge is 2.37. The lowest BCUT2D eigenvalue weighted by molar-refractivity contribution is -0.145. The highest BCUT2D eigenvalue weighted by atomic mass is 16.4. The molecule has 1 aromatic heterocycles. The molecule has 0 saturated heterocycles. The SMILES string of the molecule is CC1(C)CC=C(c2cc(C3(O)CCC(C(=O)O)CC3)ccc2NC(=O)c2cc(C#N)c[nH]2)CC1. The number of amides is 1. The number of aliphatic hydroxyl groups is 1. The number of carbonyl (C=O) groups excluding carboxylic acids is 1. The van der Waals surface area contributed by atoms with Gasteiger partial charge in [0.25, 0.3) is 5.91 Å². The molecule has 2 aliphatic carbocycles. The van der Waals surface area contributed by atoms with E-state index in [0.717, 1.165) is 36.0 Å². The summed E-state index contributed by atoms with van der Waals surface area (Å²) in [4.78, 5) is 27.0. The van der Waals surface area contributed by atoms with Crippen LogP contribution in [0.3, 0.4) is 0 Å². The smallest absolute Gasteiger partial charge is 0.306 e. The Bertz CT molecular complexity index is 1180. The molecule has 0 bridgehead atoms. The number of hydrogen-bond acceptors (Lipinski definition) is 4. The van der Waals surface area contributed by atoms with Crippen molar-refractivity contribution >= 4 is 23.1 Å². The van der Waals surface area contributed by atoms with E-state index in [4.69, 9.17) is 5.26 Å². The molecule has 34 heavy (non-hydrogen) atoms. The largest absolute Gasteiger partial charge is 0.481 e. The summed E-state index contributed by atoms with van der Waals surface area (Å²) in [5.41, 5.74) is 3.23. The number of aromatic nitrogens is 1. The van der Waals surface area contributed by atoms with Gasteiger partial charge < -0.3 is 20.5 Å². The highest BCUT2D eigenvalue weighted by Crippen LogP contribution is 2.44. The second-order valence-electron chi connectivity index (χ2n) is 10.4. The molecule has 7 heteroatoms. The molecule has 1 saturated carbocycles. The summed E-state index contributed by atoms with van der Waals surface area (Å²) >= 11 is 0. The van der Waals surface area contributed by atoms with Gasteiger partial charge >= 0.3 is 5.97 Å². The second-order valence-corrected chi connectivity index (χ2v) is 10.4. The molecule has 4 rings (SSSR count). The minimum atomic E-state index is -1.08. The number of nitrogens with zero attached hydrogens (tertiary/aromatic N) is 1. The first kappa shape index (κ1) is 23.8. The van der Waals surface area contributed by atoms with Gasteiger partial charge in [0.15, 0.2) is 0 Å². The number of rotatable bonds is 5. The molecular weight excluding hydrogens is 430 g/mol. The number of aliphatic carboxylic acids is 1. The third-order valence-electron chi connectivity index (χ3n) is 7.34. The fourth-order valence-corrected chi connectivity index (χ4v) is 4.94. The first-order valence-electron chi connectivity index (χ1n) is 11.8. The van der Waals surface area contributed by atoms with Gasteiger partial charge in [0, 0.05) is 17.4 Å². The number of allylic oxidation sites excluding steroid dienone is 2. The van der Waals surface area contributed by atoms with E-state index in [9.17, 15) is 19.8 Å². The lowest BCUT2D eigenvalue weighted by atomic mass is 9.73. The van der Waals surface area contributed by atoms with Gasteiger partial charge in [-0.15, -0.1) is 0 Å². The predicted molar refractivity (Wildman–Crippen MR) is 129 cm³/mol. The molecule has 7 nitrogen and oxygen atoms in total. The molecule has 0 aliphatic heterocycles. The Labute approximate surface area is 199 Å². The molecule has 2 aromatic rings. The maximum atomic E-state index is 12.9. The molecule has 2 aliphatic rings. The summed E-state index contributed by atoms with van der Waals surface area (Å²) in [5, 5.41) is 32.7. The maximum Gasteiger partial charge on any atom is 0.306 e. The van der Waals surface area contributed by atoms with Crippen molar-refractivity contribution in [2.75, 3.05) is 5.32 Å². The van der Waals surface area contributed by atoms with E-state index in [1.807, 2.05) is 24.3 Å². The van der Waals surface area contributed by atoms with Crippen LogP contribution in [0.15, 0.2) is 36.5 Å². The number of benzene rings is 1. The zero-order valence-electron chi connectivity index (χ0n) is 19.6. The number of H-pyrrole nitrogens is 1. The van der Waals surface area contributed by atoms with Gasteiger partial charge in [-0.1, -0.05) is 26.0 Å². The van der Waals surface area contributed by atoms with Crippen molar-refractivity contribution < 1.29 is 19.8 Å². The average Bonchev–Trinajstić information content (AvgIpc) is 3.29. The Kier molecular flexibility index (Phi) is 6.37. The maximum absolute atomic E-state index is 12.9. The van der Waals surface area contributed by atoms with Crippen LogP contribution >= 0.6 is 0 Å². The summed E-state index contributed by atoms with van der Waals surface area (Å²) in [6, 6.07) is 9.11. The summed E-state index contributed by atoms with van der Waals surface area (Å²) in [5.74, 6) is -1.56. The van der Waals surface area contributed by atoms with E-state index in [2.05, 4.69) is 30.2 Å². The van der Waals surface area contributed by atoms with E-state index in [1.165, 1.54) is 12.3 Å². The summed E-state index contributed by atoms with van der Waals surface area (Å²) in [7, 11) is 0. The summed E-state index contributed by atoms with van der Waals surface area (Å²) in [6.45, 7) is 4.47. The fraction of sp³-hybridized carbons (Fsp3) is 0.444. The predicted octanol–water partition coefficient (Wildman–Crippen LogP) is 5.19. The number of nitrogens with one attached hydrogen (secondary N) is 2. The number of carboxylic acids is 1. The quantitative estimate of drug-likeness (QED) is 0.487. The highest BCUT2D eigenvalue weighted by molar-refractivity contribution is 6.04. The molecule has 0 radical (unpaired) electrons. The van der Waals surface area contributed by atoms with Crippen LogP contribution in [0.2, 0.25) is 0 Å². The Morgan fingerprint density at radius 2 is 1.91 bits per heavy atom. The number of anilines is 1. The molecule has 1 heterocycles. The lowest BCUT2D eigenvalue weighted by Crippen LogP contribution is -2.34. The van der Waals surface area contributed by atoms with Crippen LogP contribution in [0.5, 0.6) is 0 Å². The molecule has 1 amide bonds. The van der Waals surface area contributed by atoms with Gasteiger partial charge in [-0.2, -0.15) is 5.26 Å². The van der Waals surface area contributed by atoms with E-state index in [1.54, 1.807) is 0 Å². The Morgan fingerprint density at radius 1 is 1.18 bits per heavy atom. The van der Waals surface area contributed by atoms with Crippen LogP contribution in [0.25, 0.3) is 5.57 Å². The minimum Gasteiger partial charge on any atom is -0.481 e. The van der Waals surface area contributed by atoms with E-state index in [0.29, 0.717) is 42.6 Å². The van der Waals surface area contributed by atoms with Crippen LogP contribution < -0.4 is 5.32 Å². The van der Waals surface area contributed by atoms with Gasteiger partial charge in [0.05, 0.1) is 17.1 Å². The van der Waals surface area contributed by atoms with Crippen molar-refractivity contribution in [2.24, 2.45) is 11.3 Å². The average molecular weight is 462 g/mol. The van der Waals surface area contributed by atoms with E-state index < -0.39 is 17.5 Å². The number of carbonyl (C=O) groups is 2. The van der Waals surface area contributed by atoms with E-state index >= 15 is 0 Å². The molecule has 178 valence electrons. The topological polar surface area (TPSA) is 126 Å². The Morgan fingerprint density at radius 3 is 2.50 bits per heavy atom. The molecule has 0 unspecified atom stereocenters. The third-order valence-corrected chi connectivity index (χ3v) is 7.34. The molecule has 4 N–H and O–H groups in total. The molecule has 0 spiro atoms. The van der Waals surface area contributed by atoms with Crippen LogP contribution in [-0.2, 0) is 10.4 Å². The van der Waals surface area contributed by atoms with Crippen molar-refractivity contribution in [3.05, 3.63) is 58.9 Å². The number of hydrogen-bond donors (Lipinski definition) is 4. The van der Waals surface area contributed by atoms with Crippen molar-refractivity contribution in [3.63, 3.8) is 0 Å². The second kappa shape index (κ2) is 9.11. The lowest BCUT2D eigenvalue weighted by Gasteiger charge is -2.36. The molecule has 1 fully saturated rings. The van der Waals surface area contributed by atoms with Gasteiger partial charge in [-0.3, -0.25) is 9.59 Å². The summed E-state index contributed by atoms with van der Waals surface area (Å²) < 4.78 is 0. The molecule has 0 atom stereocenters. The monoisotopic (exact) mass is 461 g/mol.